The van der Waals surface area contributed by atoms with Crippen molar-refractivity contribution in [1.82, 2.24) is 15.6 Å². The molecule has 28 heavy (non-hydrogen) atoms. The van der Waals surface area contributed by atoms with Gasteiger partial charge in [0.2, 0.25) is 11.8 Å². The number of hydrogen-bond donors (Lipinski definition) is 2. The molecule has 1 unspecified atom stereocenters. The van der Waals surface area contributed by atoms with Crippen LogP contribution >= 0.6 is 0 Å². The minimum absolute atomic E-state index is 0.113. The molecule has 0 aliphatic rings. The number of carbonyl (C=O) groups is 2. The summed E-state index contributed by atoms with van der Waals surface area (Å²) in [6.45, 7) is 4.30. The van der Waals surface area contributed by atoms with Crippen LogP contribution in [0, 0.1) is 0 Å². The van der Waals surface area contributed by atoms with Crippen LogP contribution in [-0.4, -0.2) is 22.8 Å². The average Bonchev–Trinajstić information content (AvgIpc) is 3.13. The first-order valence-electron chi connectivity index (χ1n) is 9.26. The summed E-state index contributed by atoms with van der Waals surface area (Å²) in [7, 11) is 0. The lowest BCUT2D eigenvalue weighted by Crippen LogP contribution is -2.32. The van der Waals surface area contributed by atoms with Crippen molar-refractivity contribution in [2.75, 3.05) is 0 Å². The van der Waals surface area contributed by atoms with Crippen LogP contribution in [0.1, 0.15) is 42.1 Å². The van der Waals surface area contributed by atoms with E-state index in [1.165, 1.54) is 12.2 Å². The molecule has 0 aliphatic heterocycles. The molecule has 0 aliphatic carbocycles. The highest BCUT2D eigenvalue weighted by molar-refractivity contribution is 5.94. The number of hydrogen-bond acceptors (Lipinski definition) is 4. The van der Waals surface area contributed by atoms with Crippen molar-refractivity contribution in [1.29, 1.82) is 0 Å². The monoisotopic (exact) mass is 377 g/mol. The summed E-state index contributed by atoms with van der Waals surface area (Å²) in [6.07, 6.45) is 3.78. The van der Waals surface area contributed by atoms with Gasteiger partial charge >= 0.3 is 0 Å². The number of oxazole rings is 1. The lowest BCUT2D eigenvalue weighted by Gasteiger charge is -2.12. The number of nitrogens with one attached hydrogen (secondary N) is 2. The third-order valence-electron chi connectivity index (χ3n) is 4.33. The normalized spacial score (nSPS) is 12.2. The Kier molecular flexibility index (Phi) is 6.22. The van der Waals surface area contributed by atoms with Gasteiger partial charge in [-0.1, -0.05) is 31.2 Å². The Morgan fingerprint density at radius 3 is 2.79 bits per heavy atom. The third-order valence-corrected chi connectivity index (χ3v) is 4.33. The van der Waals surface area contributed by atoms with Crippen LogP contribution in [0.25, 0.3) is 17.2 Å². The Morgan fingerprint density at radius 1 is 1.18 bits per heavy atom. The Balaban J connectivity index is 1.56. The minimum atomic E-state index is -0.267. The Hall–Kier alpha value is -3.41. The maximum Gasteiger partial charge on any atom is 0.251 e. The predicted octanol–water partition coefficient (Wildman–Crippen LogP) is 3.69. The van der Waals surface area contributed by atoms with Gasteiger partial charge in [-0.15, -0.1) is 0 Å². The number of amides is 2. The molecule has 2 N–H and O–H groups in total. The molecule has 0 saturated heterocycles. The Bertz CT molecular complexity index is 974. The standard InChI is InChI=1S/C22H23N3O3/c1-3-15(2)24-22(27)17-8-6-7-16(13-17)14-23-20(26)11-12-21-25-18-9-4-5-10-19(18)28-21/h4-13,15H,3,14H2,1-2H3,(H,23,26)(H,24,27). The predicted molar refractivity (Wildman–Crippen MR) is 109 cm³/mol. The molecule has 1 atom stereocenters. The van der Waals surface area contributed by atoms with Crippen LogP contribution < -0.4 is 10.6 Å². The SMILES string of the molecule is CCC(C)NC(=O)c1cccc(CNC(=O)C=Cc2nc3ccccc3o2)c1. The van der Waals surface area contributed by atoms with Crippen molar-refractivity contribution in [2.24, 2.45) is 0 Å². The molecule has 0 radical (unpaired) electrons. The van der Waals surface area contributed by atoms with E-state index in [1.807, 2.05) is 44.2 Å². The number of carbonyl (C=O) groups excluding carboxylic acids is 2. The van der Waals surface area contributed by atoms with E-state index in [0.29, 0.717) is 23.6 Å². The molecule has 1 aromatic heterocycles. The summed E-state index contributed by atoms with van der Waals surface area (Å²) in [5, 5.41) is 5.73. The van der Waals surface area contributed by atoms with Gasteiger partial charge in [0, 0.05) is 30.3 Å². The fraction of sp³-hybridized carbons (Fsp3) is 0.227. The molecule has 0 fully saturated rings. The molecule has 3 aromatic rings. The second-order valence-electron chi connectivity index (χ2n) is 6.55. The minimum Gasteiger partial charge on any atom is -0.437 e. The fourth-order valence-electron chi connectivity index (χ4n) is 2.59. The molecule has 2 aromatic carbocycles. The molecule has 144 valence electrons. The van der Waals surface area contributed by atoms with Gasteiger partial charge in [-0.2, -0.15) is 0 Å². The molecule has 3 rings (SSSR count). The van der Waals surface area contributed by atoms with E-state index in [4.69, 9.17) is 4.42 Å². The maximum absolute atomic E-state index is 12.2. The Morgan fingerprint density at radius 2 is 2.00 bits per heavy atom. The lowest BCUT2D eigenvalue weighted by atomic mass is 10.1. The van der Waals surface area contributed by atoms with E-state index in [0.717, 1.165) is 17.5 Å². The van der Waals surface area contributed by atoms with Crippen molar-refractivity contribution in [2.45, 2.75) is 32.9 Å². The lowest BCUT2D eigenvalue weighted by molar-refractivity contribution is -0.116. The van der Waals surface area contributed by atoms with Gasteiger partial charge < -0.3 is 15.1 Å². The molecule has 6 nitrogen and oxygen atoms in total. The van der Waals surface area contributed by atoms with Gasteiger partial charge in [0.1, 0.15) is 5.52 Å². The topological polar surface area (TPSA) is 84.2 Å². The van der Waals surface area contributed by atoms with Gasteiger partial charge in [-0.3, -0.25) is 9.59 Å². The quantitative estimate of drug-likeness (QED) is 0.615. The second-order valence-corrected chi connectivity index (χ2v) is 6.55. The first-order valence-corrected chi connectivity index (χ1v) is 9.26. The van der Waals surface area contributed by atoms with Gasteiger partial charge in [0.25, 0.3) is 5.91 Å². The van der Waals surface area contributed by atoms with Crippen molar-refractivity contribution in [3.05, 3.63) is 71.6 Å². The summed E-state index contributed by atoms with van der Waals surface area (Å²) < 4.78 is 5.54. The molecule has 0 saturated carbocycles. The van der Waals surface area contributed by atoms with Gasteiger partial charge in [0.15, 0.2) is 5.58 Å². The average molecular weight is 377 g/mol. The number of aromatic nitrogens is 1. The highest BCUT2D eigenvalue weighted by Crippen LogP contribution is 2.15. The second kappa shape index (κ2) is 8.99. The van der Waals surface area contributed by atoms with Crippen molar-refractivity contribution < 1.29 is 14.0 Å². The number of para-hydroxylation sites is 2. The van der Waals surface area contributed by atoms with Crippen LogP contribution in [0.2, 0.25) is 0 Å². The largest absolute Gasteiger partial charge is 0.437 e. The summed E-state index contributed by atoms with van der Waals surface area (Å²) in [5.41, 5.74) is 2.85. The fourth-order valence-corrected chi connectivity index (χ4v) is 2.59. The van der Waals surface area contributed by atoms with E-state index in [9.17, 15) is 9.59 Å². The summed E-state index contributed by atoms with van der Waals surface area (Å²) in [5.74, 6) is -0.00448. The third kappa shape index (κ3) is 5.07. The Labute approximate surface area is 163 Å². The van der Waals surface area contributed by atoms with Gasteiger partial charge in [-0.05, 0) is 43.2 Å². The van der Waals surface area contributed by atoms with Crippen LogP contribution in [0.3, 0.4) is 0 Å². The molecule has 2 amide bonds. The number of benzene rings is 2. The zero-order valence-electron chi connectivity index (χ0n) is 15.9. The van der Waals surface area contributed by atoms with E-state index < -0.39 is 0 Å². The van der Waals surface area contributed by atoms with Crippen LogP contribution in [-0.2, 0) is 11.3 Å². The van der Waals surface area contributed by atoms with Gasteiger partial charge in [-0.25, -0.2) is 4.98 Å². The zero-order valence-corrected chi connectivity index (χ0v) is 15.9. The van der Waals surface area contributed by atoms with Crippen molar-refractivity contribution >= 4 is 29.0 Å². The number of rotatable bonds is 7. The summed E-state index contributed by atoms with van der Waals surface area (Å²) in [6, 6.07) is 14.7. The van der Waals surface area contributed by atoms with Crippen molar-refractivity contribution in [3.63, 3.8) is 0 Å². The molecular weight excluding hydrogens is 354 g/mol. The highest BCUT2D eigenvalue weighted by Gasteiger charge is 2.09. The molecular formula is C22H23N3O3. The van der Waals surface area contributed by atoms with E-state index in [2.05, 4.69) is 15.6 Å². The van der Waals surface area contributed by atoms with E-state index in [-0.39, 0.29) is 17.9 Å². The van der Waals surface area contributed by atoms with E-state index >= 15 is 0 Å². The van der Waals surface area contributed by atoms with Crippen LogP contribution in [0.4, 0.5) is 0 Å². The van der Waals surface area contributed by atoms with E-state index in [1.54, 1.807) is 18.2 Å². The molecule has 1 heterocycles. The van der Waals surface area contributed by atoms with Crippen LogP contribution in [0.15, 0.2) is 59.0 Å². The van der Waals surface area contributed by atoms with Gasteiger partial charge in [0.05, 0.1) is 0 Å². The first kappa shape index (κ1) is 19.4. The highest BCUT2D eigenvalue weighted by atomic mass is 16.3. The molecule has 0 bridgehead atoms. The number of fused-ring (bicyclic) bond motifs is 1. The van der Waals surface area contributed by atoms with Crippen LogP contribution in [0.5, 0.6) is 0 Å². The van der Waals surface area contributed by atoms with Crippen molar-refractivity contribution in [3.8, 4) is 0 Å². The maximum atomic E-state index is 12.2. The first-order chi connectivity index (χ1) is 13.5. The smallest absolute Gasteiger partial charge is 0.251 e. The number of nitrogens with zero attached hydrogens (tertiary/aromatic N) is 1. The summed E-state index contributed by atoms with van der Waals surface area (Å²) in [4.78, 5) is 28.6. The molecule has 6 heteroatoms. The summed E-state index contributed by atoms with van der Waals surface area (Å²) >= 11 is 0. The zero-order chi connectivity index (χ0) is 19.9. The molecule has 0 spiro atoms.